The highest BCUT2D eigenvalue weighted by Gasteiger charge is 2.20. The van der Waals surface area contributed by atoms with Gasteiger partial charge in [0.2, 0.25) is 0 Å². The minimum Gasteiger partial charge on any atom is -0.396 e. The van der Waals surface area contributed by atoms with E-state index in [1.165, 1.54) is 18.7 Å². The van der Waals surface area contributed by atoms with Gasteiger partial charge >= 0.3 is 0 Å². The number of hydrogen-bond acceptors (Lipinski definition) is 4. The predicted octanol–water partition coefficient (Wildman–Crippen LogP) is 1.64. The Morgan fingerprint density at radius 3 is 2.56 bits per heavy atom. The third-order valence-corrected chi connectivity index (χ3v) is 4.09. The van der Waals surface area contributed by atoms with Crippen molar-refractivity contribution in [3.8, 4) is 0 Å². The lowest BCUT2D eigenvalue weighted by Gasteiger charge is -2.28. The Bertz CT molecular complexity index is 493. The topological polar surface area (TPSA) is 72.2 Å². The van der Waals surface area contributed by atoms with Crippen molar-refractivity contribution in [2.75, 3.05) is 17.3 Å². The monoisotopic (exact) mass is 240 g/mol. The summed E-state index contributed by atoms with van der Waals surface area (Å²) in [6.07, 6.45) is 4.65. The van der Waals surface area contributed by atoms with Gasteiger partial charge in [0, 0.05) is 12.3 Å². The second-order valence-electron chi connectivity index (χ2n) is 4.26. The summed E-state index contributed by atoms with van der Waals surface area (Å²) in [6.45, 7) is 0. The van der Waals surface area contributed by atoms with E-state index in [-0.39, 0.29) is 4.90 Å². The van der Waals surface area contributed by atoms with Crippen LogP contribution in [0.3, 0.4) is 0 Å². The molecule has 1 aromatic rings. The number of nitrogens with two attached hydrogens (primary N) is 1. The Labute approximate surface area is 95.8 Å². The van der Waals surface area contributed by atoms with E-state index in [0.717, 1.165) is 18.5 Å². The van der Waals surface area contributed by atoms with Crippen LogP contribution in [0.15, 0.2) is 23.1 Å². The van der Waals surface area contributed by atoms with Crippen LogP contribution in [-0.2, 0) is 9.84 Å². The highest BCUT2D eigenvalue weighted by molar-refractivity contribution is 7.90. The molecular formula is C11H16N2O2S. The molecule has 3 N–H and O–H groups in total. The van der Waals surface area contributed by atoms with Crippen LogP contribution in [0.1, 0.15) is 19.3 Å². The molecule has 0 heterocycles. The number of hydrogen-bond donors (Lipinski definition) is 2. The maximum absolute atomic E-state index is 11.5. The fourth-order valence-corrected chi connectivity index (χ4v) is 2.60. The quantitative estimate of drug-likeness (QED) is 0.788. The summed E-state index contributed by atoms with van der Waals surface area (Å²) in [5, 5.41) is 3.27. The van der Waals surface area contributed by atoms with E-state index in [1.54, 1.807) is 6.07 Å². The number of sulfone groups is 1. The summed E-state index contributed by atoms with van der Waals surface area (Å²) >= 11 is 0. The molecule has 0 atom stereocenters. The summed E-state index contributed by atoms with van der Waals surface area (Å²) < 4.78 is 22.9. The van der Waals surface area contributed by atoms with E-state index in [1.807, 2.05) is 6.07 Å². The number of para-hydroxylation sites is 1. The molecule has 5 heteroatoms. The van der Waals surface area contributed by atoms with Crippen molar-refractivity contribution >= 4 is 21.2 Å². The van der Waals surface area contributed by atoms with Crippen LogP contribution in [-0.4, -0.2) is 20.7 Å². The first kappa shape index (κ1) is 11.3. The predicted molar refractivity (Wildman–Crippen MR) is 65.2 cm³/mol. The van der Waals surface area contributed by atoms with Crippen molar-refractivity contribution in [3.63, 3.8) is 0 Å². The third kappa shape index (κ3) is 2.14. The maximum atomic E-state index is 11.5. The van der Waals surface area contributed by atoms with Crippen LogP contribution < -0.4 is 11.1 Å². The summed E-state index contributed by atoms with van der Waals surface area (Å²) in [7, 11) is -3.25. The lowest BCUT2D eigenvalue weighted by molar-refractivity contribution is 0.445. The van der Waals surface area contributed by atoms with Crippen molar-refractivity contribution < 1.29 is 8.42 Å². The number of anilines is 2. The number of benzene rings is 1. The zero-order valence-corrected chi connectivity index (χ0v) is 10.0. The van der Waals surface area contributed by atoms with Gasteiger partial charge in [0.15, 0.2) is 9.84 Å². The average Bonchev–Trinajstić information content (AvgIpc) is 2.11. The average molecular weight is 240 g/mol. The third-order valence-electron chi connectivity index (χ3n) is 2.93. The fourth-order valence-electron chi connectivity index (χ4n) is 1.77. The fraction of sp³-hybridized carbons (Fsp3) is 0.455. The Hall–Kier alpha value is -1.23. The van der Waals surface area contributed by atoms with E-state index in [9.17, 15) is 8.42 Å². The van der Waals surface area contributed by atoms with Gasteiger partial charge < -0.3 is 11.1 Å². The van der Waals surface area contributed by atoms with E-state index in [4.69, 9.17) is 5.73 Å². The Balaban J connectivity index is 2.32. The molecule has 1 fully saturated rings. The molecule has 0 bridgehead atoms. The SMILES string of the molecule is CS(=O)(=O)c1cccc(NC2CCC2)c1N. The summed E-state index contributed by atoms with van der Waals surface area (Å²) in [4.78, 5) is 0.205. The van der Waals surface area contributed by atoms with Gasteiger partial charge in [-0.15, -0.1) is 0 Å². The molecule has 0 saturated heterocycles. The Kier molecular flexibility index (Phi) is 2.80. The van der Waals surface area contributed by atoms with Gasteiger partial charge in [-0.2, -0.15) is 0 Å². The van der Waals surface area contributed by atoms with Crippen molar-refractivity contribution in [1.82, 2.24) is 0 Å². The highest BCUT2D eigenvalue weighted by atomic mass is 32.2. The lowest BCUT2D eigenvalue weighted by Crippen LogP contribution is -2.27. The standard InChI is InChI=1S/C11H16N2O2S/c1-16(14,15)10-7-3-6-9(11(10)12)13-8-4-2-5-8/h3,6-8,13H,2,4-5,12H2,1H3. The molecule has 4 nitrogen and oxygen atoms in total. The van der Waals surface area contributed by atoms with Gasteiger partial charge in [-0.3, -0.25) is 0 Å². The van der Waals surface area contributed by atoms with Gasteiger partial charge in [-0.25, -0.2) is 8.42 Å². The first-order valence-electron chi connectivity index (χ1n) is 5.33. The molecule has 0 unspecified atom stereocenters. The minimum atomic E-state index is -3.25. The normalized spacial score (nSPS) is 16.8. The maximum Gasteiger partial charge on any atom is 0.177 e. The summed E-state index contributed by atoms with van der Waals surface area (Å²) in [5.74, 6) is 0. The molecule has 1 aliphatic rings. The van der Waals surface area contributed by atoms with Crippen molar-refractivity contribution in [2.45, 2.75) is 30.2 Å². The molecule has 88 valence electrons. The molecule has 1 aromatic carbocycles. The van der Waals surface area contributed by atoms with Gasteiger partial charge in [0.05, 0.1) is 16.3 Å². The van der Waals surface area contributed by atoms with Crippen LogP contribution in [0.25, 0.3) is 0 Å². The number of nitrogens with one attached hydrogen (secondary N) is 1. The second kappa shape index (κ2) is 3.97. The number of nitrogen functional groups attached to an aromatic ring is 1. The first-order valence-corrected chi connectivity index (χ1v) is 7.22. The zero-order valence-electron chi connectivity index (χ0n) is 9.23. The smallest absolute Gasteiger partial charge is 0.177 e. The van der Waals surface area contributed by atoms with Gasteiger partial charge in [-0.05, 0) is 31.4 Å². The minimum absolute atomic E-state index is 0.205. The van der Waals surface area contributed by atoms with Crippen molar-refractivity contribution in [2.24, 2.45) is 0 Å². The van der Waals surface area contributed by atoms with E-state index >= 15 is 0 Å². The molecule has 0 aromatic heterocycles. The van der Waals surface area contributed by atoms with Gasteiger partial charge in [0.1, 0.15) is 0 Å². The van der Waals surface area contributed by atoms with Gasteiger partial charge in [0.25, 0.3) is 0 Å². The summed E-state index contributed by atoms with van der Waals surface area (Å²) in [6, 6.07) is 5.52. The van der Waals surface area contributed by atoms with Crippen LogP contribution in [0.2, 0.25) is 0 Å². The largest absolute Gasteiger partial charge is 0.396 e. The first-order chi connectivity index (χ1) is 7.48. The Morgan fingerprint density at radius 1 is 1.38 bits per heavy atom. The van der Waals surface area contributed by atoms with Crippen molar-refractivity contribution in [3.05, 3.63) is 18.2 Å². The van der Waals surface area contributed by atoms with Crippen LogP contribution in [0, 0.1) is 0 Å². The molecule has 16 heavy (non-hydrogen) atoms. The van der Waals surface area contributed by atoms with E-state index in [2.05, 4.69) is 5.32 Å². The molecule has 1 aliphatic carbocycles. The number of rotatable bonds is 3. The van der Waals surface area contributed by atoms with E-state index < -0.39 is 9.84 Å². The van der Waals surface area contributed by atoms with Crippen LogP contribution >= 0.6 is 0 Å². The zero-order chi connectivity index (χ0) is 11.8. The highest BCUT2D eigenvalue weighted by Crippen LogP contribution is 2.30. The van der Waals surface area contributed by atoms with Crippen molar-refractivity contribution in [1.29, 1.82) is 0 Å². The molecule has 0 radical (unpaired) electrons. The molecule has 0 amide bonds. The van der Waals surface area contributed by atoms with E-state index in [0.29, 0.717) is 11.7 Å². The molecule has 0 aliphatic heterocycles. The molecule has 1 saturated carbocycles. The lowest BCUT2D eigenvalue weighted by atomic mass is 9.93. The summed E-state index contributed by atoms with van der Waals surface area (Å²) in [5.41, 5.74) is 6.91. The molecular weight excluding hydrogens is 224 g/mol. The van der Waals surface area contributed by atoms with Crippen LogP contribution in [0.5, 0.6) is 0 Å². The van der Waals surface area contributed by atoms with Gasteiger partial charge in [-0.1, -0.05) is 6.07 Å². The second-order valence-corrected chi connectivity index (χ2v) is 6.25. The molecule has 0 spiro atoms. The van der Waals surface area contributed by atoms with Crippen LogP contribution in [0.4, 0.5) is 11.4 Å². The Morgan fingerprint density at radius 2 is 2.06 bits per heavy atom. The molecule has 2 rings (SSSR count).